The molecular weight excluding hydrogens is 314 g/mol. The summed E-state index contributed by atoms with van der Waals surface area (Å²) < 4.78 is 0. The van der Waals surface area contributed by atoms with Gasteiger partial charge in [0.1, 0.15) is 0 Å². The van der Waals surface area contributed by atoms with Gasteiger partial charge < -0.3 is 5.32 Å². The molecule has 0 aromatic heterocycles. The molecule has 2 aromatic carbocycles. The Labute approximate surface area is 128 Å². The average molecular weight is 332 g/mol. The Kier molecular flexibility index (Phi) is 4.96. The summed E-state index contributed by atoms with van der Waals surface area (Å²) in [5.41, 5.74) is 2.97. The Morgan fingerprint density at radius 1 is 1.00 bits per heavy atom. The second-order valence-corrected chi connectivity index (χ2v) is 6.20. The zero-order valence-corrected chi connectivity index (χ0v) is 13.2. The maximum absolute atomic E-state index is 12.4. The number of benzene rings is 2. The Morgan fingerprint density at radius 3 is 2.25 bits per heavy atom. The Hall–Kier alpha value is -1.61. The van der Waals surface area contributed by atoms with Crippen LogP contribution in [0.5, 0.6) is 0 Å². The van der Waals surface area contributed by atoms with Crippen molar-refractivity contribution in [2.45, 2.75) is 24.6 Å². The summed E-state index contributed by atoms with van der Waals surface area (Å²) in [5.74, 6) is -0.160. The van der Waals surface area contributed by atoms with Gasteiger partial charge in [0.05, 0.1) is 5.92 Å². The summed E-state index contributed by atoms with van der Waals surface area (Å²) >= 11 is 3.55. The molecule has 2 nitrogen and oxygen atoms in total. The van der Waals surface area contributed by atoms with E-state index < -0.39 is 0 Å². The molecular formula is C17H18BrNO. The molecule has 0 fully saturated rings. The summed E-state index contributed by atoms with van der Waals surface area (Å²) in [5, 5.41) is 3.02. The lowest BCUT2D eigenvalue weighted by Crippen LogP contribution is -2.19. The lowest BCUT2D eigenvalue weighted by molar-refractivity contribution is -0.117. The molecule has 0 spiro atoms. The number of nitrogens with one attached hydrogen (secondary N) is 1. The molecule has 0 radical (unpaired) electrons. The van der Waals surface area contributed by atoms with Crippen molar-refractivity contribution in [1.82, 2.24) is 0 Å². The maximum Gasteiger partial charge on any atom is 0.231 e. The zero-order chi connectivity index (χ0) is 14.5. The van der Waals surface area contributed by atoms with Gasteiger partial charge in [0, 0.05) is 10.5 Å². The quantitative estimate of drug-likeness (QED) is 0.794. The van der Waals surface area contributed by atoms with Crippen LogP contribution in [0.1, 0.15) is 35.7 Å². The number of anilines is 1. The van der Waals surface area contributed by atoms with Crippen LogP contribution in [0.25, 0.3) is 0 Å². The standard InChI is InChI=1S/C17H18BrNO/c1-12(14-8-4-3-5-9-14)17(20)19-16-11-7-6-10-15(16)13(2)18/h3-13H,1-2H3,(H,19,20). The van der Waals surface area contributed by atoms with E-state index in [1.807, 2.05) is 68.4 Å². The van der Waals surface area contributed by atoms with Gasteiger partial charge in [-0.05, 0) is 31.0 Å². The van der Waals surface area contributed by atoms with Crippen molar-refractivity contribution in [2.24, 2.45) is 0 Å². The van der Waals surface area contributed by atoms with Gasteiger partial charge in [-0.15, -0.1) is 0 Å². The van der Waals surface area contributed by atoms with Crippen LogP contribution >= 0.6 is 15.9 Å². The van der Waals surface area contributed by atoms with E-state index in [-0.39, 0.29) is 16.7 Å². The summed E-state index contributed by atoms with van der Waals surface area (Å²) in [7, 11) is 0. The second kappa shape index (κ2) is 6.71. The van der Waals surface area contributed by atoms with Gasteiger partial charge in [-0.25, -0.2) is 0 Å². The minimum atomic E-state index is -0.171. The van der Waals surface area contributed by atoms with Crippen molar-refractivity contribution in [3.8, 4) is 0 Å². The fourth-order valence-electron chi connectivity index (χ4n) is 2.09. The number of carbonyl (C=O) groups excluding carboxylic acids is 1. The number of hydrogen-bond acceptors (Lipinski definition) is 1. The highest BCUT2D eigenvalue weighted by molar-refractivity contribution is 9.09. The molecule has 0 bridgehead atoms. The van der Waals surface area contributed by atoms with Crippen LogP contribution in [0.4, 0.5) is 5.69 Å². The minimum absolute atomic E-state index is 0.0109. The van der Waals surface area contributed by atoms with E-state index in [1.54, 1.807) is 0 Å². The van der Waals surface area contributed by atoms with E-state index in [9.17, 15) is 4.79 Å². The molecule has 3 heteroatoms. The van der Waals surface area contributed by atoms with Gasteiger partial charge in [0.15, 0.2) is 0 Å². The van der Waals surface area contributed by atoms with Crippen molar-refractivity contribution in [3.63, 3.8) is 0 Å². The van der Waals surface area contributed by atoms with Crippen molar-refractivity contribution in [2.75, 3.05) is 5.32 Å². The Bertz CT molecular complexity index is 581. The molecule has 2 aromatic rings. The third-order valence-electron chi connectivity index (χ3n) is 3.34. The molecule has 1 amide bonds. The van der Waals surface area contributed by atoms with Crippen molar-refractivity contribution in [1.29, 1.82) is 0 Å². The molecule has 2 rings (SSSR count). The van der Waals surface area contributed by atoms with Crippen LogP contribution in [0.15, 0.2) is 54.6 Å². The molecule has 20 heavy (non-hydrogen) atoms. The molecule has 0 aliphatic heterocycles. The number of alkyl halides is 1. The molecule has 0 heterocycles. The summed E-state index contributed by atoms with van der Waals surface area (Å²) in [4.78, 5) is 12.6. The predicted molar refractivity (Wildman–Crippen MR) is 87.3 cm³/mol. The Balaban J connectivity index is 2.16. The highest BCUT2D eigenvalue weighted by atomic mass is 79.9. The third kappa shape index (κ3) is 3.48. The lowest BCUT2D eigenvalue weighted by Gasteiger charge is -2.16. The van der Waals surface area contributed by atoms with Gasteiger partial charge in [-0.1, -0.05) is 64.5 Å². The van der Waals surface area contributed by atoms with Crippen LogP contribution in [-0.2, 0) is 4.79 Å². The van der Waals surface area contributed by atoms with E-state index in [4.69, 9.17) is 0 Å². The highest BCUT2D eigenvalue weighted by Gasteiger charge is 2.17. The van der Waals surface area contributed by atoms with Crippen LogP contribution < -0.4 is 5.32 Å². The molecule has 0 saturated heterocycles. The molecule has 1 N–H and O–H groups in total. The number of rotatable bonds is 4. The van der Waals surface area contributed by atoms with Gasteiger partial charge >= 0.3 is 0 Å². The minimum Gasteiger partial charge on any atom is -0.325 e. The molecule has 0 aliphatic rings. The van der Waals surface area contributed by atoms with E-state index in [0.29, 0.717) is 0 Å². The summed E-state index contributed by atoms with van der Waals surface area (Å²) in [6.45, 7) is 3.97. The van der Waals surface area contributed by atoms with Crippen molar-refractivity contribution >= 4 is 27.5 Å². The van der Waals surface area contributed by atoms with Crippen LogP contribution in [0, 0.1) is 0 Å². The van der Waals surface area contributed by atoms with Gasteiger partial charge in [-0.3, -0.25) is 4.79 Å². The third-order valence-corrected chi connectivity index (χ3v) is 3.83. The first-order valence-electron chi connectivity index (χ1n) is 6.68. The highest BCUT2D eigenvalue weighted by Crippen LogP contribution is 2.29. The number of amides is 1. The van der Waals surface area contributed by atoms with E-state index in [0.717, 1.165) is 16.8 Å². The molecule has 104 valence electrons. The average Bonchev–Trinajstić information content (AvgIpc) is 2.47. The molecule has 0 aliphatic carbocycles. The monoisotopic (exact) mass is 331 g/mol. The van der Waals surface area contributed by atoms with E-state index in [2.05, 4.69) is 21.2 Å². The number of hydrogen-bond donors (Lipinski definition) is 1. The normalized spacial score (nSPS) is 13.6. The largest absolute Gasteiger partial charge is 0.325 e. The summed E-state index contributed by atoms with van der Waals surface area (Å²) in [6.07, 6.45) is 0. The molecule has 2 atom stereocenters. The first-order valence-corrected chi connectivity index (χ1v) is 7.60. The van der Waals surface area contributed by atoms with Crippen LogP contribution in [0.2, 0.25) is 0 Å². The first-order chi connectivity index (χ1) is 9.59. The zero-order valence-electron chi connectivity index (χ0n) is 11.6. The number of para-hydroxylation sites is 1. The van der Waals surface area contributed by atoms with Gasteiger partial charge in [0.25, 0.3) is 0 Å². The van der Waals surface area contributed by atoms with Crippen LogP contribution in [0.3, 0.4) is 0 Å². The fourth-order valence-corrected chi connectivity index (χ4v) is 2.49. The lowest BCUT2D eigenvalue weighted by atomic mass is 10.00. The first kappa shape index (κ1) is 14.8. The van der Waals surface area contributed by atoms with E-state index >= 15 is 0 Å². The van der Waals surface area contributed by atoms with Gasteiger partial charge in [-0.2, -0.15) is 0 Å². The predicted octanol–water partition coefficient (Wildman–Crippen LogP) is 4.88. The maximum atomic E-state index is 12.4. The van der Waals surface area contributed by atoms with Crippen LogP contribution in [-0.4, -0.2) is 5.91 Å². The SMILES string of the molecule is CC(Br)c1ccccc1NC(=O)C(C)c1ccccc1. The smallest absolute Gasteiger partial charge is 0.231 e. The molecule has 2 unspecified atom stereocenters. The Morgan fingerprint density at radius 2 is 1.60 bits per heavy atom. The second-order valence-electron chi connectivity index (χ2n) is 4.82. The van der Waals surface area contributed by atoms with E-state index in [1.165, 1.54) is 0 Å². The van der Waals surface area contributed by atoms with Crippen molar-refractivity contribution in [3.05, 3.63) is 65.7 Å². The van der Waals surface area contributed by atoms with Crippen molar-refractivity contribution < 1.29 is 4.79 Å². The number of halogens is 1. The topological polar surface area (TPSA) is 29.1 Å². The fraction of sp³-hybridized carbons (Fsp3) is 0.235. The van der Waals surface area contributed by atoms with Gasteiger partial charge in [0.2, 0.25) is 5.91 Å². The number of carbonyl (C=O) groups is 1. The molecule has 0 saturated carbocycles. The summed E-state index contributed by atoms with van der Waals surface area (Å²) in [6, 6.07) is 17.7.